The van der Waals surface area contributed by atoms with E-state index in [4.69, 9.17) is 56.3 Å². The van der Waals surface area contributed by atoms with E-state index < -0.39 is 26.9 Å². The number of aliphatic hydroxyl groups excluding tert-OH is 1. The van der Waals surface area contributed by atoms with Gasteiger partial charge in [0.2, 0.25) is 0 Å². The number of anilines is 1. The van der Waals surface area contributed by atoms with Crippen LogP contribution in [0, 0.1) is 37.8 Å². The number of ether oxygens (including phenoxy) is 5. The van der Waals surface area contributed by atoms with E-state index in [0.717, 1.165) is 71.1 Å². The quantitative estimate of drug-likeness (QED) is 0.0210. The van der Waals surface area contributed by atoms with Crippen molar-refractivity contribution in [1.82, 2.24) is 110 Å². The molecule has 0 saturated carbocycles. The number of aromatic amines is 6. The summed E-state index contributed by atoms with van der Waals surface area (Å²) >= 11 is 5.59. The first-order valence-corrected chi connectivity index (χ1v) is 34.0. The van der Waals surface area contributed by atoms with Crippen LogP contribution >= 0.6 is 11.6 Å². The van der Waals surface area contributed by atoms with Crippen LogP contribution in [0.15, 0.2) is 139 Å². The van der Waals surface area contributed by atoms with Crippen LogP contribution in [-0.4, -0.2) is 192 Å². The molecule has 0 bridgehead atoms. The molecule has 15 heterocycles. The number of carbonyl (C=O) groups excluding carboxylic acids is 1. The Morgan fingerprint density at radius 2 is 0.982 bits per heavy atom. The topological polar surface area (TPSA) is 554 Å². The second-order valence-electron chi connectivity index (χ2n) is 22.7. The third-order valence-electron chi connectivity index (χ3n) is 15.5. The maximum Gasteiger partial charge on any atom is 0.354 e. The minimum absolute atomic E-state index is 0.00935. The van der Waals surface area contributed by atoms with Crippen molar-refractivity contribution in [3.8, 4) is 28.7 Å². The summed E-state index contributed by atoms with van der Waals surface area (Å²) in [5.41, 5.74) is 15.3. The number of nitro groups is 1. The molecular weight excluding hydrogens is 1470 g/mol. The van der Waals surface area contributed by atoms with Crippen molar-refractivity contribution in [3.63, 3.8) is 0 Å². The Kier molecular flexibility index (Phi) is 26.6. The van der Waals surface area contributed by atoms with Gasteiger partial charge in [-0.25, -0.2) is 44.7 Å². The summed E-state index contributed by atoms with van der Waals surface area (Å²) in [6.45, 7) is 9.05. The molecule has 16 rings (SSSR count). The highest BCUT2D eigenvalue weighted by Gasteiger charge is 2.25. The Bertz CT molecular complexity index is 6020. The van der Waals surface area contributed by atoms with E-state index >= 15 is 0 Å². The summed E-state index contributed by atoms with van der Waals surface area (Å²) < 4.78 is 52.0. The van der Waals surface area contributed by atoms with E-state index in [1.165, 1.54) is 77.2 Å². The molecule has 0 aliphatic carbocycles. The SMILES string of the molecule is CC(=O)c1cccnc1Cl.COc1ccc(S(=O)(=O)n2nc(CCC(=O)O)c3cc(OC)cnc32)cc1.COc1cnc2n[nH]c(C(=O)O)c2c1.COc1cnc2n[nH]c(C)c2c1.COc1cnc2n[nH]c(CO)c2c1.Cc1[nH]nc2ncc(N)cc12.Cc1[nH]nc2ncc([N+](=O)[O-])cc12.Cc1[nH]nc2ncccc12. The van der Waals surface area contributed by atoms with Crippen LogP contribution in [0.5, 0.6) is 28.7 Å². The first kappa shape index (κ1) is 79.8. The molecule has 0 fully saturated rings. The van der Waals surface area contributed by atoms with Gasteiger partial charge in [-0.3, -0.25) is 50.3 Å². The number of Topliss-reactive ketones (excluding diaryl/α,β-unsaturated/α-hetero) is 1. The molecule has 41 heteroatoms. The minimum Gasteiger partial charge on any atom is -0.497 e. The third kappa shape index (κ3) is 19.6. The van der Waals surface area contributed by atoms with E-state index in [2.05, 4.69) is 106 Å². The highest BCUT2D eigenvalue weighted by molar-refractivity contribution is 7.90. The Labute approximate surface area is 626 Å². The number of carbonyl (C=O) groups is 3. The van der Waals surface area contributed by atoms with Gasteiger partial charge in [0.1, 0.15) is 40.1 Å². The largest absolute Gasteiger partial charge is 0.497 e. The standard InChI is InChI=1S/C17H17N3O6S.C8H7N3O3.C8H9N3O2.C8H9N3O.C7H6ClNO.C7H6N4O2.C7H8N4.C7H7N3/c1-25-11-3-5-13(6-4-11)27(23,24)20-17-14(9-12(26-2)10-18-17)15(19-20)7-8-16(21)22;1-14-4-2-5-6(8(12)13)10-11-7(5)9-3-4;1-13-5-2-6-7(4-12)10-11-8(6)9-3-5;1-5-7-3-6(12-2)4-9-8(7)11-10-5;1-5(10)6-3-2-4-9-7(6)8;1-4-6-2-5(11(12)13)3-8-7(6)10-9-4;1-4-6-2-5(8)3-9-7(6)11-10-4;1-5-6-3-2-4-8-7(6)10-9-5/h3-6,9-10H,7-8H2,1-2H3,(H,21,22);2-3H,1H3,(H,12,13)(H,9,10,11);2-3,12H,4H2,1H3,(H,9,10,11);3-4H,1-2H3,(H,9,10,11);2-4H,1H3;2-3H,1H3,(H,8,9,10);2-3H,8H2,1H3,(H,9,10,11);2-4H,1H3,(H,8,9,10). The second-order valence-corrected chi connectivity index (χ2v) is 24.9. The van der Waals surface area contributed by atoms with Gasteiger partial charge in [0, 0.05) is 80.0 Å². The fraction of sp³-hybridized carbons (Fsp3) is 0.188. The van der Waals surface area contributed by atoms with Crippen LogP contribution in [0.2, 0.25) is 5.15 Å². The number of nitrogens with zero attached hydrogens (tertiary/aromatic N) is 17. The summed E-state index contributed by atoms with van der Waals surface area (Å²) in [5.74, 6) is 0.717. The third-order valence-corrected chi connectivity index (χ3v) is 17.4. The van der Waals surface area contributed by atoms with Gasteiger partial charge in [-0.2, -0.15) is 44.1 Å². The Hall–Kier alpha value is -14.3. The number of hydrogen-bond acceptors (Lipinski definition) is 29. The zero-order valence-corrected chi connectivity index (χ0v) is 61.6. The van der Waals surface area contributed by atoms with Gasteiger partial charge in [0.05, 0.1) is 117 Å². The van der Waals surface area contributed by atoms with Crippen molar-refractivity contribution in [2.24, 2.45) is 0 Å². The van der Waals surface area contributed by atoms with Crippen LogP contribution in [0.3, 0.4) is 0 Å². The van der Waals surface area contributed by atoms with Gasteiger partial charge in [-0.1, -0.05) is 11.6 Å². The number of aliphatic carboxylic acids is 1. The predicted octanol–water partition coefficient (Wildman–Crippen LogP) is 9.33. The molecule has 0 spiro atoms. The normalized spacial score (nSPS) is 10.7. The van der Waals surface area contributed by atoms with Crippen molar-refractivity contribution >= 4 is 128 Å². The van der Waals surface area contributed by atoms with Gasteiger partial charge >= 0.3 is 11.9 Å². The van der Waals surface area contributed by atoms with Crippen LogP contribution in [-0.2, 0) is 27.8 Å². The summed E-state index contributed by atoms with van der Waals surface area (Å²) in [5, 5.41) is 86.8. The number of nitrogen functional groups attached to an aromatic ring is 1. The van der Waals surface area contributed by atoms with Crippen molar-refractivity contribution in [1.29, 1.82) is 0 Å². The number of rotatable bonds is 14. The number of fused-ring (bicyclic) bond motifs is 7. The summed E-state index contributed by atoms with van der Waals surface area (Å²) in [7, 11) is 3.59. The van der Waals surface area contributed by atoms with E-state index in [1.54, 1.807) is 82.5 Å². The number of nitrogens with two attached hydrogens (primary N) is 1. The number of H-pyrrole nitrogens is 6. The fourth-order valence-corrected chi connectivity index (χ4v) is 11.3. The van der Waals surface area contributed by atoms with Gasteiger partial charge in [0.15, 0.2) is 51.0 Å². The molecule has 16 aromatic rings. The van der Waals surface area contributed by atoms with Crippen molar-refractivity contribution in [3.05, 3.63) is 195 Å². The molecular formula is C69H69ClN24O15S. The van der Waals surface area contributed by atoms with Crippen LogP contribution < -0.4 is 29.4 Å². The molecule has 0 radical (unpaired) electrons. The Morgan fingerprint density at radius 1 is 0.536 bits per heavy atom. The summed E-state index contributed by atoms with van der Waals surface area (Å²) in [4.78, 5) is 74.2. The number of nitrogens with one attached hydrogen (secondary N) is 6. The van der Waals surface area contributed by atoms with Crippen molar-refractivity contribution in [2.45, 2.75) is 59.0 Å². The number of carboxylic acid groups (broad SMARTS) is 2. The number of methoxy groups -OCH3 is 5. The fourth-order valence-electron chi connectivity index (χ4n) is 9.75. The number of aromatic nitrogens is 22. The summed E-state index contributed by atoms with van der Waals surface area (Å²) in [6, 6.07) is 23.3. The number of benzene rings is 1. The number of aromatic carboxylic acids is 1. The first-order chi connectivity index (χ1) is 52.8. The monoisotopic (exact) mass is 1540 g/mol. The lowest BCUT2D eigenvalue weighted by atomic mass is 10.2. The lowest BCUT2D eigenvalue weighted by Gasteiger charge is -2.06. The van der Waals surface area contributed by atoms with Gasteiger partial charge < -0.3 is 44.7 Å². The maximum absolute atomic E-state index is 13.0. The van der Waals surface area contributed by atoms with Gasteiger partial charge in [-0.05, 0) is 113 Å². The lowest BCUT2D eigenvalue weighted by Crippen LogP contribution is -2.15. The lowest BCUT2D eigenvalue weighted by molar-refractivity contribution is -0.385. The zero-order valence-electron chi connectivity index (χ0n) is 60.0. The number of aliphatic hydroxyl groups is 1. The van der Waals surface area contributed by atoms with E-state index in [0.29, 0.717) is 78.7 Å². The first-order valence-electron chi connectivity index (χ1n) is 32.1. The minimum atomic E-state index is -4.03. The molecule has 39 nitrogen and oxygen atoms in total. The van der Waals surface area contributed by atoms with Crippen molar-refractivity contribution < 1.29 is 66.7 Å². The molecule has 1 aromatic carbocycles. The Balaban J connectivity index is 0.000000148. The molecule has 568 valence electrons. The Morgan fingerprint density at radius 3 is 1.49 bits per heavy atom. The van der Waals surface area contributed by atoms with Gasteiger partial charge in [-0.15, -0.1) is 4.09 Å². The number of ketones is 1. The number of halogens is 1. The van der Waals surface area contributed by atoms with E-state index in [1.807, 2.05) is 45.0 Å². The molecule has 0 unspecified atom stereocenters. The molecule has 0 aliphatic rings. The number of pyridine rings is 8. The van der Waals surface area contributed by atoms with E-state index in [9.17, 15) is 32.9 Å². The molecule has 11 N–H and O–H groups in total. The zero-order chi connectivity index (χ0) is 79.3. The number of hydrogen-bond donors (Lipinski definition) is 10. The van der Waals surface area contributed by atoms with Crippen LogP contribution in [0.4, 0.5) is 11.4 Å². The van der Waals surface area contributed by atoms with Gasteiger partial charge in [0.25, 0.3) is 15.7 Å². The number of aryl methyl sites for hydroxylation is 5. The van der Waals surface area contributed by atoms with E-state index in [-0.39, 0.29) is 52.3 Å². The molecule has 15 aromatic heterocycles. The highest BCUT2D eigenvalue weighted by Crippen LogP contribution is 2.29. The molecule has 0 aliphatic heterocycles. The highest BCUT2D eigenvalue weighted by atomic mass is 35.5. The molecule has 0 saturated heterocycles. The maximum atomic E-state index is 13.0. The average Bonchev–Trinajstić information content (AvgIpc) is 1.61. The average molecular weight is 1540 g/mol. The second kappa shape index (κ2) is 36.6. The summed E-state index contributed by atoms with van der Waals surface area (Å²) in [6.07, 6.45) is 12.1. The molecule has 0 atom stereocenters. The van der Waals surface area contributed by atoms with Crippen LogP contribution in [0.1, 0.15) is 68.4 Å². The van der Waals surface area contributed by atoms with Crippen molar-refractivity contribution in [2.75, 3.05) is 41.3 Å². The molecule has 0 amide bonds. The molecule has 110 heavy (non-hydrogen) atoms. The van der Waals surface area contributed by atoms with Crippen LogP contribution in [0.25, 0.3) is 77.2 Å². The smallest absolute Gasteiger partial charge is 0.354 e. The number of carboxylic acids is 2. The predicted molar refractivity (Wildman–Crippen MR) is 401 cm³/mol.